The Bertz CT molecular complexity index is 540. The second-order valence-corrected chi connectivity index (χ2v) is 4.96. The van der Waals surface area contributed by atoms with Crippen LogP contribution in [-0.4, -0.2) is 9.38 Å². The van der Waals surface area contributed by atoms with E-state index in [0.717, 1.165) is 22.1 Å². The molecule has 0 amide bonds. The fourth-order valence-corrected chi connectivity index (χ4v) is 2.23. The fraction of sp³-hybridized carbons (Fsp3) is 0.417. The van der Waals surface area contributed by atoms with Crippen LogP contribution in [0.2, 0.25) is 5.02 Å². The van der Waals surface area contributed by atoms with Crippen molar-refractivity contribution in [2.45, 2.75) is 31.7 Å². The molecule has 1 saturated carbocycles. The van der Waals surface area contributed by atoms with Crippen molar-refractivity contribution < 1.29 is 0 Å². The summed E-state index contributed by atoms with van der Waals surface area (Å²) in [7, 11) is 0. The maximum absolute atomic E-state index is 6.02. The largest absolute Gasteiger partial charge is 0.323 e. The molecule has 0 aromatic carbocycles. The third-order valence-corrected chi connectivity index (χ3v) is 3.25. The number of rotatable bonds is 2. The first-order chi connectivity index (χ1) is 7.66. The van der Waals surface area contributed by atoms with Crippen LogP contribution in [0.15, 0.2) is 18.3 Å². The molecule has 84 valence electrons. The van der Waals surface area contributed by atoms with Crippen molar-refractivity contribution in [3.8, 4) is 0 Å². The van der Waals surface area contributed by atoms with E-state index in [0.29, 0.717) is 5.92 Å². The molecule has 0 bridgehead atoms. The van der Waals surface area contributed by atoms with Crippen molar-refractivity contribution in [1.29, 1.82) is 0 Å². The van der Waals surface area contributed by atoms with Gasteiger partial charge in [-0.25, -0.2) is 4.98 Å². The first-order valence-corrected chi connectivity index (χ1v) is 5.97. The number of imidazole rings is 1. The van der Waals surface area contributed by atoms with Gasteiger partial charge in [0.2, 0.25) is 0 Å². The van der Waals surface area contributed by atoms with Crippen molar-refractivity contribution >= 4 is 17.1 Å². The van der Waals surface area contributed by atoms with Gasteiger partial charge in [-0.2, -0.15) is 0 Å². The Morgan fingerprint density at radius 2 is 2.25 bits per heavy atom. The van der Waals surface area contributed by atoms with E-state index in [2.05, 4.69) is 9.38 Å². The van der Waals surface area contributed by atoms with Gasteiger partial charge in [-0.15, -0.1) is 0 Å². The molecular weight excluding hydrogens is 222 g/mol. The maximum Gasteiger partial charge on any atom is 0.116 e. The van der Waals surface area contributed by atoms with E-state index in [1.165, 1.54) is 12.8 Å². The highest BCUT2D eigenvalue weighted by Gasteiger charge is 2.29. The summed E-state index contributed by atoms with van der Waals surface area (Å²) in [4.78, 5) is 4.67. The lowest BCUT2D eigenvalue weighted by atomic mass is 10.2. The average Bonchev–Trinajstić information content (AvgIpc) is 3.00. The molecule has 1 atom stereocenters. The Morgan fingerprint density at radius 3 is 2.88 bits per heavy atom. The van der Waals surface area contributed by atoms with Gasteiger partial charge in [0.1, 0.15) is 5.82 Å². The van der Waals surface area contributed by atoms with Crippen LogP contribution in [0, 0.1) is 0 Å². The van der Waals surface area contributed by atoms with Crippen molar-refractivity contribution in [3.05, 3.63) is 34.9 Å². The van der Waals surface area contributed by atoms with Crippen LogP contribution in [0.5, 0.6) is 0 Å². The van der Waals surface area contributed by atoms with Crippen LogP contribution < -0.4 is 5.73 Å². The number of nitrogens with zero attached hydrogens (tertiary/aromatic N) is 2. The second kappa shape index (κ2) is 3.47. The smallest absolute Gasteiger partial charge is 0.116 e. The van der Waals surface area contributed by atoms with Crippen molar-refractivity contribution in [2.24, 2.45) is 5.73 Å². The van der Waals surface area contributed by atoms with Crippen LogP contribution in [0.3, 0.4) is 0 Å². The molecule has 4 heteroatoms. The van der Waals surface area contributed by atoms with Gasteiger partial charge in [-0.3, -0.25) is 0 Å². The highest BCUT2D eigenvalue weighted by atomic mass is 35.5. The van der Waals surface area contributed by atoms with E-state index in [9.17, 15) is 0 Å². The van der Waals surface area contributed by atoms with Crippen LogP contribution in [0.1, 0.15) is 43.2 Å². The summed E-state index contributed by atoms with van der Waals surface area (Å²) in [5.74, 6) is 1.71. The summed E-state index contributed by atoms with van der Waals surface area (Å²) < 4.78 is 2.10. The van der Waals surface area contributed by atoms with Gasteiger partial charge in [0.05, 0.1) is 16.2 Å². The monoisotopic (exact) mass is 235 g/mol. The fourth-order valence-electron chi connectivity index (χ4n) is 2.07. The van der Waals surface area contributed by atoms with Crippen molar-refractivity contribution in [1.82, 2.24) is 9.38 Å². The van der Waals surface area contributed by atoms with Gasteiger partial charge in [0.25, 0.3) is 0 Å². The third kappa shape index (κ3) is 1.51. The van der Waals surface area contributed by atoms with Gasteiger partial charge in [-0.05, 0) is 31.9 Å². The molecule has 1 aliphatic rings. The number of fused-ring (bicyclic) bond motifs is 1. The molecule has 3 nitrogen and oxygen atoms in total. The standard InChI is InChI=1S/C12H14ClN3/c1-7(14)11-10-5-4-9(13)6-16(10)12(15-11)8-2-3-8/h4-8H,2-3,14H2,1H3. The Hall–Kier alpha value is -1.06. The lowest BCUT2D eigenvalue weighted by Gasteiger charge is -2.01. The zero-order valence-corrected chi connectivity index (χ0v) is 9.91. The van der Waals surface area contributed by atoms with Crippen molar-refractivity contribution in [3.63, 3.8) is 0 Å². The summed E-state index contributed by atoms with van der Waals surface area (Å²) in [6.45, 7) is 1.97. The zero-order valence-electron chi connectivity index (χ0n) is 9.15. The quantitative estimate of drug-likeness (QED) is 0.870. The lowest BCUT2D eigenvalue weighted by molar-refractivity contribution is 0.786. The summed E-state index contributed by atoms with van der Waals surface area (Å²) in [6.07, 6.45) is 4.39. The predicted octanol–water partition coefficient (Wildman–Crippen LogP) is 2.88. The number of nitrogens with two attached hydrogens (primary N) is 1. The van der Waals surface area contributed by atoms with Crippen LogP contribution in [0.25, 0.3) is 5.52 Å². The Labute approximate surface area is 99.2 Å². The van der Waals surface area contributed by atoms with Crippen LogP contribution >= 0.6 is 11.6 Å². The van der Waals surface area contributed by atoms with E-state index >= 15 is 0 Å². The SMILES string of the molecule is CC(N)c1nc(C2CC2)n2cc(Cl)ccc12. The van der Waals surface area contributed by atoms with E-state index in [-0.39, 0.29) is 6.04 Å². The molecule has 0 radical (unpaired) electrons. The first kappa shape index (κ1) is 10.1. The minimum atomic E-state index is -0.0383. The highest BCUT2D eigenvalue weighted by Crippen LogP contribution is 2.40. The maximum atomic E-state index is 6.02. The van der Waals surface area contributed by atoms with Crippen LogP contribution in [-0.2, 0) is 0 Å². The molecule has 0 aliphatic heterocycles. The number of halogens is 1. The second-order valence-electron chi connectivity index (χ2n) is 4.52. The van der Waals surface area contributed by atoms with Gasteiger partial charge < -0.3 is 10.1 Å². The summed E-state index contributed by atoms with van der Waals surface area (Å²) in [5.41, 5.74) is 8.00. The van der Waals surface area contributed by atoms with E-state index < -0.39 is 0 Å². The van der Waals surface area contributed by atoms with E-state index in [1.807, 2.05) is 25.3 Å². The van der Waals surface area contributed by atoms with Gasteiger partial charge >= 0.3 is 0 Å². The molecule has 2 N–H and O–H groups in total. The van der Waals surface area contributed by atoms with Crippen LogP contribution in [0.4, 0.5) is 0 Å². The Morgan fingerprint density at radius 1 is 1.50 bits per heavy atom. The van der Waals surface area contributed by atoms with E-state index in [4.69, 9.17) is 17.3 Å². The molecular formula is C12H14ClN3. The molecule has 1 unspecified atom stereocenters. The first-order valence-electron chi connectivity index (χ1n) is 5.60. The molecule has 1 aliphatic carbocycles. The summed E-state index contributed by atoms with van der Waals surface area (Å²) >= 11 is 6.02. The molecule has 1 fully saturated rings. The Kier molecular flexibility index (Phi) is 2.19. The molecule has 2 heterocycles. The minimum absolute atomic E-state index is 0.0383. The number of hydrogen-bond donors (Lipinski definition) is 1. The predicted molar refractivity (Wildman–Crippen MR) is 64.8 cm³/mol. The molecule has 0 spiro atoms. The topological polar surface area (TPSA) is 43.3 Å². The van der Waals surface area contributed by atoms with Crippen molar-refractivity contribution in [2.75, 3.05) is 0 Å². The average molecular weight is 236 g/mol. The Balaban J connectivity index is 2.28. The van der Waals surface area contributed by atoms with E-state index in [1.54, 1.807) is 0 Å². The lowest BCUT2D eigenvalue weighted by Crippen LogP contribution is -2.05. The molecule has 0 saturated heterocycles. The van der Waals surface area contributed by atoms with Gasteiger partial charge in [0.15, 0.2) is 0 Å². The molecule has 2 aromatic heterocycles. The minimum Gasteiger partial charge on any atom is -0.323 e. The summed E-state index contributed by atoms with van der Waals surface area (Å²) in [5, 5.41) is 0.739. The normalized spacial score (nSPS) is 17.9. The van der Waals surface area contributed by atoms with Gasteiger partial charge in [-0.1, -0.05) is 11.6 Å². The number of aromatic nitrogens is 2. The number of pyridine rings is 1. The highest BCUT2D eigenvalue weighted by molar-refractivity contribution is 6.30. The molecule has 3 rings (SSSR count). The molecule has 2 aromatic rings. The number of hydrogen-bond acceptors (Lipinski definition) is 2. The summed E-state index contributed by atoms with van der Waals surface area (Å²) in [6, 6.07) is 3.85. The van der Waals surface area contributed by atoms with Gasteiger partial charge in [0, 0.05) is 18.2 Å². The molecule has 16 heavy (non-hydrogen) atoms. The third-order valence-electron chi connectivity index (χ3n) is 3.03. The zero-order chi connectivity index (χ0) is 11.3.